The van der Waals surface area contributed by atoms with E-state index in [9.17, 15) is 14.4 Å². The molecule has 1 atom stereocenters. The lowest BCUT2D eigenvalue weighted by molar-refractivity contribution is -0.138. The second kappa shape index (κ2) is 8.65. The van der Waals surface area contributed by atoms with Crippen molar-refractivity contribution in [1.29, 1.82) is 0 Å². The molecule has 7 nitrogen and oxygen atoms in total. The summed E-state index contributed by atoms with van der Waals surface area (Å²) in [6, 6.07) is 0. The number of carbonyl (C=O) groups is 3. The lowest BCUT2D eigenvalue weighted by atomic mass is 9.88. The van der Waals surface area contributed by atoms with Crippen LogP contribution in [0, 0.1) is 16.7 Å². The van der Waals surface area contributed by atoms with E-state index < -0.39 is 5.97 Å². The number of aliphatic carboxylic acids is 1. The van der Waals surface area contributed by atoms with Gasteiger partial charge in [-0.2, -0.15) is 0 Å². The second-order valence-corrected chi connectivity index (χ2v) is 8.61. The lowest BCUT2D eigenvalue weighted by Crippen LogP contribution is -2.40. The van der Waals surface area contributed by atoms with Gasteiger partial charge in [0.05, 0.1) is 19.1 Å². The molecular weight excluding hydrogens is 324 g/mol. The maximum atomic E-state index is 12.2. The predicted molar refractivity (Wildman–Crippen MR) is 94.0 cm³/mol. The number of carboxylic acids is 1. The van der Waals surface area contributed by atoms with Crippen molar-refractivity contribution in [2.24, 2.45) is 16.7 Å². The molecule has 0 aromatic rings. The first kappa shape index (κ1) is 21.4. The molecule has 1 heterocycles. The minimum atomic E-state index is -0.799. The van der Waals surface area contributed by atoms with Crippen molar-refractivity contribution < 1.29 is 24.2 Å². The number of likely N-dealkylation sites (tertiary alicyclic amines) is 1. The highest BCUT2D eigenvalue weighted by molar-refractivity contribution is 5.89. The van der Waals surface area contributed by atoms with E-state index in [2.05, 4.69) is 5.32 Å². The molecule has 0 bridgehead atoms. The van der Waals surface area contributed by atoms with Crippen LogP contribution in [0.4, 0.5) is 0 Å². The highest BCUT2D eigenvalue weighted by atomic mass is 16.5. The van der Waals surface area contributed by atoms with Gasteiger partial charge in [-0.05, 0) is 11.8 Å². The van der Waals surface area contributed by atoms with Gasteiger partial charge < -0.3 is 20.1 Å². The zero-order valence-electron chi connectivity index (χ0n) is 16.1. The van der Waals surface area contributed by atoms with E-state index in [0.29, 0.717) is 32.7 Å². The third-order valence-electron chi connectivity index (χ3n) is 4.45. The maximum Gasteiger partial charge on any atom is 0.303 e. The van der Waals surface area contributed by atoms with E-state index in [1.807, 2.05) is 27.7 Å². The molecule has 1 saturated heterocycles. The van der Waals surface area contributed by atoms with Crippen molar-refractivity contribution in [2.45, 2.75) is 47.0 Å². The summed E-state index contributed by atoms with van der Waals surface area (Å²) in [6.45, 7) is 9.85. The van der Waals surface area contributed by atoms with Gasteiger partial charge in [-0.25, -0.2) is 0 Å². The van der Waals surface area contributed by atoms with Crippen LogP contribution >= 0.6 is 0 Å². The SMILES string of the molecule is CN1CC(C(=O)NCC(C)(C)COCC(C)(C)CCC(=O)O)CC1=O. The third-order valence-corrected chi connectivity index (χ3v) is 4.45. The maximum absolute atomic E-state index is 12.2. The van der Waals surface area contributed by atoms with Crippen molar-refractivity contribution in [2.75, 3.05) is 33.4 Å². The zero-order chi connectivity index (χ0) is 19.3. The molecule has 1 rings (SSSR count). The number of hydrogen-bond donors (Lipinski definition) is 2. The largest absolute Gasteiger partial charge is 0.481 e. The molecule has 25 heavy (non-hydrogen) atoms. The van der Waals surface area contributed by atoms with Crippen LogP contribution in [0.1, 0.15) is 47.0 Å². The summed E-state index contributed by atoms with van der Waals surface area (Å²) in [4.78, 5) is 35.9. The Labute approximate surface area is 150 Å². The summed E-state index contributed by atoms with van der Waals surface area (Å²) in [6.07, 6.45) is 0.962. The quantitative estimate of drug-likeness (QED) is 0.619. The Morgan fingerprint density at radius 3 is 2.36 bits per heavy atom. The zero-order valence-corrected chi connectivity index (χ0v) is 16.1. The molecular formula is C18H32N2O5. The first-order chi connectivity index (χ1) is 11.4. The molecule has 0 aliphatic carbocycles. The summed E-state index contributed by atoms with van der Waals surface area (Å²) in [5.41, 5.74) is -0.445. The fourth-order valence-corrected chi connectivity index (χ4v) is 2.68. The van der Waals surface area contributed by atoms with E-state index in [1.165, 1.54) is 0 Å². The fraction of sp³-hybridized carbons (Fsp3) is 0.833. The van der Waals surface area contributed by atoms with Crippen molar-refractivity contribution in [3.05, 3.63) is 0 Å². The number of hydrogen-bond acceptors (Lipinski definition) is 4. The fourth-order valence-electron chi connectivity index (χ4n) is 2.68. The van der Waals surface area contributed by atoms with Crippen LogP contribution in [0.3, 0.4) is 0 Å². The lowest BCUT2D eigenvalue weighted by Gasteiger charge is -2.29. The van der Waals surface area contributed by atoms with Crippen LogP contribution in [-0.4, -0.2) is 61.1 Å². The minimum absolute atomic E-state index is 0.00587. The highest BCUT2D eigenvalue weighted by Crippen LogP contribution is 2.24. The molecule has 0 spiro atoms. The van der Waals surface area contributed by atoms with Gasteiger partial charge in [0.1, 0.15) is 0 Å². The summed E-state index contributed by atoms with van der Waals surface area (Å²) >= 11 is 0. The first-order valence-electron chi connectivity index (χ1n) is 8.73. The molecule has 0 radical (unpaired) electrons. The van der Waals surface area contributed by atoms with Crippen molar-refractivity contribution in [1.82, 2.24) is 10.2 Å². The van der Waals surface area contributed by atoms with Gasteiger partial charge in [-0.1, -0.05) is 27.7 Å². The Morgan fingerprint density at radius 1 is 1.24 bits per heavy atom. The van der Waals surface area contributed by atoms with Gasteiger partial charge in [0.15, 0.2) is 0 Å². The summed E-state index contributed by atoms with van der Waals surface area (Å²) in [7, 11) is 1.71. The van der Waals surface area contributed by atoms with Crippen LogP contribution in [0.2, 0.25) is 0 Å². The van der Waals surface area contributed by atoms with Gasteiger partial charge in [-0.15, -0.1) is 0 Å². The van der Waals surface area contributed by atoms with Gasteiger partial charge >= 0.3 is 5.97 Å². The Bertz CT molecular complexity index is 502. The van der Waals surface area contributed by atoms with Gasteiger partial charge in [0, 0.05) is 38.4 Å². The third kappa shape index (κ3) is 7.86. The Morgan fingerprint density at radius 2 is 1.84 bits per heavy atom. The molecule has 144 valence electrons. The van der Waals surface area contributed by atoms with Gasteiger partial charge in [0.2, 0.25) is 11.8 Å². The number of amides is 2. The summed E-state index contributed by atoms with van der Waals surface area (Å²) in [5, 5.41) is 11.7. The standard InChI is InChI=1S/C18H32N2O5/c1-17(2,7-6-15(22)23)11-25-12-18(3,4)10-19-16(24)13-8-14(21)20(5)9-13/h13H,6-12H2,1-5H3,(H,19,24)(H,22,23). The van der Waals surface area contributed by atoms with Crippen LogP contribution in [-0.2, 0) is 19.1 Å². The minimum Gasteiger partial charge on any atom is -0.481 e. The topological polar surface area (TPSA) is 95.9 Å². The monoisotopic (exact) mass is 356 g/mol. The van der Waals surface area contributed by atoms with Gasteiger partial charge in [-0.3, -0.25) is 14.4 Å². The number of rotatable bonds is 10. The molecule has 2 amide bonds. The van der Waals surface area contributed by atoms with E-state index in [-0.39, 0.29) is 41.4 Å². The van der Waals surface area contributed by atoms with Gasteiger partial charge in [0.25, 0.3) is 0 Å². The molecule has 0 aromatic carbocycles. The van der Waals surface area contributed by atoms with Crippen molar-refractivity contribution in [3.8, 4) is 0 Å². The summed E-state index contributed by atoms with van der Waals surface area (Å²) in [5.74, 6) is -1.16. The first-order valence-corrected chi connectivity index (χ1v) is 8.73. The Hall–Kier alpha value is -1.63. The summed E-state index contributed by atoms with van der Waals surface area (Å²) < 4.78 is 5.78. The number of carbonyl (C=O) groups excluding carboxylic acids is 2. The molecule has 1 aliphatic rings. The predicted octanol–water partition coefficient (Wildman–Crippen LogP) is 1.51. The molecule has 1 aliphatic heterocycles. The average Bonchev–Trinajstić information content (AvgIpc) is 2.82. The molecule has 1 fully saturated rings. The van der Waals surface area contributed by atoms with Crippen LogP contribution in [0.25, 0.3) is 0 Å². The highest BCUT2D eigenvalue weighted by Gasteiger charge is 2.33. The molecule has 2 N–H and O–H groups in total. The Kier molecular flexibility index (Phi) is 7.41. The van der Waals surface area contributed by atoms with E-state index in [4.69, 9.17) is 9.84 Å². The van der Waals surface area contributed by atoms with Crippen molar-refractivity contribution in [3.63, 3.8) is 0 Å². The number of ether oxygens (including phenoxy) is 1. The average molecular weight is 356 g/mol. The molecule has 1 unspecified atom stereocenters. The number of nitrogens with one attached hydrogen (secondary N) is 1. The van der Waals surface area contributed by atoms with Crippen LogP contribution in [0.15, 0.2) is 0 Å². The van der Waals surface area contributed by atoms with E-state index in [1.54, 1.807) is 11.9 Å². The molecule has 0 aromatic heterocycles. The number of nitrogens with zero attached hydrogens (tertiary/aromatic N) is 1. The van der Waals surface area contributed by atoms with Crippen LogP contribution < -0.4 is 5.32 Å². The second-order valence-electron chi connectivity index (χ2n) is 8.61. The molecule has 7 heteroatoms. The van der Waals surface area contributed by atoms with E-state index >= 15 is 0 Å². The normalized spacial score (nSPS) is 18.5. The number of carboxylic acid groups (broad SMARTS) is 1. The molecule has 0 saturated carbocycles. The Balaban J connectivity index is 2.32. The van der Waals surface area contributed by atoms with E-state index in [0.717, 1.165) is 0 Å². The van der Waals surface area contributed by atoms with Crippen molar-refractivity contribution >= 4 is 17.8 Å². The smallest absolute Gasteiger partial charge is 0.303 e. The van der Waals surface area contributed by atoms with Crippen LogP contribution in [0.5, 0.6) is 0 Å².